The van der Waals surface area contributed by atoms with Gasteiger partial charge in [-0.3, -0.25) is 4.79 Å². The molecule has 0 saturated heterocycles. The van der Waals surface area contributed by atoms with E-state index in [1.807, 2.05) is 30.3 Å². The normalized spacial score (nSPS) is 11.5. The molecule has 2 N–H and O–H groups in total. The summed E-state index contributed by atoms with van der Waals surface area (Å²) >= 11 is 0. The zero-order valence-electron chi connectivity index (χ0n) is 20.4. The molecule has 186 valence electrons. The van der Waals surface area contributed by atoms with Gasteiger partial charge in [-0.1, -0.05) is 36.4 Å². The summed E-state index contributed by atoms with van der Waals surface area (Å²) in [5.41, 5.74) is 0.926. The third-order valence-electron chi connectivity index (χ3n) is 5.74. The predicted octanol–water partition coefficient (Wildman–Crippen LogP) is 3.95. The van der Waals surface area contributed by atoms with E-state index in [0.717, 1.165) is 12.8 Å². The summed E-state index contributed by atoms with van der Waals surface area (Å²) in [4.78, 5) is 25.8. The quantitative estimate of drug-likeness (QED) is 0.399. The van der Waals surface area contributed by atoms with Gasteiger partial charge in [-0.2, -0.15) is 0 Å². The minimum atomic E-state index is -0.851. The Morgan fingerprint density at radius 2 is 1.74 bits per heavy atom. The molecule has 0 spiro atoms. The molecule has 1 heterocycles. The Morgan fingerprint density at radius 3 is 2.37 bits per heavy atom. The van der Waals surface area contributed by atoms with Crippen LogP contribution in [0.5, 0.6) is 23.0 Å². The molecule has 0 aliphatic rings. The maximum absolute atomic E-state index is 13.0. The van der Waals surface area contributed by atoms with Crippen LogP contribution in [-0.2, 0) is 11.2 Å². The molecule has 0 radical (unpaired) electrons. The standard InChI is InChI=1S/C27H31NO7/c1-17-15-21(29)24(27(31)35-17)20(19-12-13-22(32-2)26(34-4)25(19)33-3)16-23(30)28-14-8-11-18-9-6-5-7-10-18/h5-7,9-10,12-13,15,20,29H,8,11,14,16H2,1-4H3,(H,28,30)/t20-/m0/s1. The molecule has 8 nitrogen and oxygen atoms in total. The molecule has 1 amide bonds. The van der Waals surface area contributed by atoms with Crippen molar-refractivity contribution in [2.24, 2.45) is 0 Å². The van der Waals surface area contributed by atoms with Crippen LogP contribution in [0.2, 0.25) is 0 Å². The molecular weight excluding hydrogens is 450 g/mol. The lowest BCUT2D eigenvalue weighted by atomic mass is 9.87. The zero-order chi connectivity index (χ0) is 25.4. The van der Waals surface area contributed by atoms with Gasteiger partial charge < -0.3 is 29.1 Å². The van der Waals surface area contributed by atoms with Crippen molar-refractivity contribution < 1.29 is 28.5 Å². The van der Waals surface area contributed by atoms with Crippen molar-refractivity contribution in [3.05, 3.63) is 81.4 Å². The molecule has 0 saturated carbocycles. The number of carbonyl (C=O) groups is 1. The van der Waals surface area contributed by atoms with Crippen LogP contribution in [-0.4, -0.2) is 38.9 Å². The summed E-state index contributed by atoms with van der Waals surface area (Å²) in [6, 6.07) is 14.7. The molecule has 1 atom stereocenters. The van der Waals surface area contributed by atoms with Gasteiger partial charge in [0.25, 0.3) is 0 Å². The van der Waals surface area contributed by atoms with E-state index in [1.54, 1.807) is 19.1 Å². The van der Waals surface area contributed by atoms with Crippen LogP contribution in [0.15, 0.2) is 57.7 Å². The molecule has 0 bridgehead atoms. The minimum Gasteiger partial charge on any atom is -0.507 e. The maximum Gasteiger partial charge on any atom is 0.343 e. The van der Waals surface area contributed by atoms with E-state index in [0.29, 0.717) is 29.4 Å². The summed E-state index contributed by atoms with van der Waals surface area (Å²) < 4.78 is 21.7. The highest BCUT2D eigenvalue weighted by molar-refractivity contribution is 5.78. The van der Waals surface area contributed by atoms with Gasteiger partial charge >= 0.3 is 5.63 Å². The molecule has 3 aromatic rings. The highest BCUT2D eigenvalue weighted by Gasteiger charge is 2.30. The SMILES string of the molecule is COc1ccc([C@H](CC(=O)NCCCc2ccccc2)c2c(O)cc(C)oc2=O)c(OC)c1OC. The first-order valence-corrected chi connectivity index (χ1v) is 11.3. The molecule has 8 heteroatoms. The topological polar surface area (TPSA) is 107 Å². The fourth-order valence-electron chi connectivity index (χ4n) is 4.12. The first kappa shape index (κ1) is 25.7. The van der Waals surface area contributed by atoms with Crippen molar-refractivity contribution in [2.45, 2.75) is 32.1 Å². The van der Waals surface area contributed by atoms with Gasteiger partial charge in [-0.25, -0.2) is 4.79 Å². The van der Waals surface area contributed by atoms with E-state index in [2.05, 4.69) is 5.32 Å². The van der Waals surface area contributed by atoms with E-state index >= 15 is 0 Å². The van der Waals surface area contributed by atoms with Crippen LogP contribution in [0.4, 0.5) is 0 Å². The average molecular weight is 482 g/mol. The number of rotatable bonds is 11. The number of benzene rings is 2. The molecule has 1 aromatic heterocycles. The third kappa shape index (κ3) is 6.15. The van der Waals surface area contributed by atoms with Crippen LogP contribution in [0.1, 0.15) is 41.2 Å². The number of aromatic hydroxyl groups is 1. The molecule has 3 rings (SSSR count). The molecule has 0 fully saturated rings. The molecule has 2 aromatic carbocycles. The van der Waals surface area contributed by atoms with Crippen LogP contribution < -0.4 is 25.2 Å². The van der Waals surface area contributed by atoms with E-state index in [4.69, 9.17) is 18.6 Å². The summed E-state index contributed by atoms with van der Waals surface area (Å²) in [6.45, 7) is 2.04. The van der Waals surface area contributed by atoms with Crippen molar-refractivity contribution in [1.29, 1.82) is 0 Å². The summed E-state index contributed by atoms with van der Waals surface area (Å²) in [6.07, 6.45) is 1.48. The monoisotopic (exact) mass is 481 g/mol. The highest BCUT2D eigenvalue weighted by atomic mass is 16.5. The smallest absolute Gasteiger partial charge is 0.343 e. The fourth-order valence-corrected chi connectivity index (χ4v) is 4.12. The molecular formula is C27H31NO7. The zero-order valence-corrected chi connectivity index (χ0v) is 20.4. The van der Waals surface area contributed by atoms with Crippen LogP contribution in [0.25, 0.3) is 0 Å². The Balaban J connectivity index is 1.90. The van der Waals surface area contributed by atoms with Crippen LogP contribution in [0, 0.1) is 6.92 Å². The molecule has 0 unspecified atom stereocenters. The molecule has 0 aliphatic carbocycles. The number of carbonyl (C=O) groups excluding carboxylic acids is 1. The second-order valence-corrected chi connectivity index (χ2v) is 8.06. The minimum absolute atomic E-state index is 0.0273. The summed E-state index contributed by atoms with van der Waals surface area (Å²) in [5, 5.41) is 13.6. The number of hydrogen-bond acceptors (Lipinski definition) is 7. The van der Waals surface area contributed by atoms with Gasteiger partial charge in [0.05, 0.1) is 26.9 Å². The van der Waals surface area contributed by atoms with E-state index < -0.39 is 11.5 Å². The number of nitrogens with one attached hydrogen (secondary N) is 1. The Kier molecular flexibility index (Phi) is 8.78. The van der Waals surface area contributed by atoms with Crippen LogP contribution >= 0.6 is 0 Å². The second-order valence-electron chi connectivity index (χ2n) is 8.06. The van der Waals surface area contributed by atoms with Crippen molar-refractivity contribution in [3.63, 3.8) is 0 Å². The van der Waals surface area contributed by atoms with Crippen molar-refractivity contribution >= 4 is 5.91 Å². The van der Waals surface area contributed by atoms with E-state index in [-0.39, 0.29) is 29.4 Å². The lowest BCUT2D eigenvalue weighted by molar-refractivity contribution is -0.121. The van der Waals surface area contributed by atoms with Gasteiger partial charge in [0.2, 0.25) is 11.7 Å². The lowest BCUT2D eigenvalue weighted by Gasteiger charge is -2.22. The summed E-state index contributed by atoms with van der Waals surface area (Å²) in [7, 11) is 4.42. The largest absolute Gasteiger partial charge is 0.507 e. The van der Waals surface area contributed by atoms with Crippen molar-refractivity contribution in [1.82, 2.24) is 5.32 Å². The van der Waals surface area contributed by atoms with Crippen molar-refractivity contribution in [3.8, 4) is 23.0 Å². The second kappa shape index (κ2) is 12.0. The maximum atomic E-state index is 13.0. The first-order valence-electron chi connectivity index (χ1n) is 11.3. The third-order valence-corrected chi connectivity index (χ3v) is 5.74. The number of ether oxygens (including phenoxy) is 3. The predicted molar refractivity (Wildman–Crippen MR) is 132 cm³/mol. The first-order chi connectivity index (χ1) is 16.9. The van der Waals surface area contributed by atoms with Gasteiger partial charge in [0.1, 0.15) is 11.5 Å². The number of methoxy groups -OCH3 is 3. The molecule has 35 heavy (non-hydrogen) atoms. The average Bonchev–Trinajstić information content (AvgIpc) is 2.85. The lowest BCUT2D eigenvalue weighted by Crippen LogP contribution is -2.28. The van der Waals surface area contributed by atoms with Crippen LogP contribution in [0.3, 0.4) is 0 Å². The number of amides is 1. The van der Waals surface area contributed by atoms with Crippen molar-refractivity contribution in [2.75, 3.05) is 27.9 Å². The van der Waals surface area contributed by atoms with Gasteiger partial charge in [0.15, 0.2) is 11.5 Å². The number of aryl methyl sites for hydroxylation is 2. The Hall–Kier alpha value is -3.94. The Bertz CT molecular complexity index is 1200. The Morgan fingerprint density at radius 1 is 1.03 bits per heavy atom. The fraction of sp³-hybridized carbons (Fsp3) is 0.333. The van der Waals surface area contributed by atoms with E-state index in [1.165, 1.54) is 33.0 Å². The Labute approximate surface area is 204 Å². The van der Waals surface area contributed by atoms with Gasteiger partial charge in [-0.15, -0.1) is 0 Å². The van der Waals surface area contributed by atoms with Gasteiger partial charge in [-0.05, 0) is 31.4 Å². The summed E-state index contributed by atoms with van der Waals surface area (Å²) in [5.74, 6) is -0.0747. The highest BCUT2D eigenvalue weighted by Crippen LogP contribution is 2.45. The molecule has 0 aliphatic heterocycles. The van der Waals surface area contributed by atoms with E-state index in [9.17, 15) is 14.7 Å². The van der Waals surface area contributed by atoms with Gasteiger partial charge in [0, 0.05) is 30.5 Å². The number of hydrogen-bond donors (Lipinski definition) is 2.